The van der Waals surface area contributed by atoms with Crippen LogP contribution in [0.15, 0.2) is 30.7 Å². The highest BCUT2D eigenvalue weighted by molar-refractivity contribution is 6.03. The van der Waals surface area contributed by atoms with Gasteiger partial charge in [-0.05, 0) is 72.6 Å². The SMILES string of the molecule is Cc1cn2cc(NC(=O)N3CCc4c(N5CCN(C(=O)OC(C)(C)C)C(C)(C)C5)ccnc43)cc(C)c2n1. The molecule has 2 aliphatic rings. The number of carbonyl (C=O) groups excluding carboxylic acids is 2. The molecule has 0 unspecified atom stereocenters. The van der Waals surface area contributed by atoms with E-state index in [0.29, 0.717) is 37.7 Å². The highest BCUT2D eigenvalue weighted by atomic mass is 16.6. The van der Waals surface area contributed by atoms with E-state index in [4.69, 9.17) is 4.74 Å². The van der Waals surface area contributed by atoms with Crippen molar-refractivity contribution in [2.75, 3.05) is 41.3 Å². The minimum Gasteiger partial charge on any atom is -0.444 e. The number of ether oxygens (including phenoxy) is 1. The van der Waals surface area contributed by atoms with Gasteiger partial charge >= 0.3 is 12.1 Å². The summed E-state index contributed by atoms with van der Waals surface area (Å²) in [4.78, 5) is 41.1. The fraction of sp³-hybridized carbons (Fsp3) is 0.500. The van der Waals surface area contributed by atoms with Gasteiger partial charge in [-0.1, -0.05) is 0 Å². The highest BCUT2D eigenvalue weighted by Crippen LogP contribution is 2.36. The number of hydrogen-bond acceptors (Lipinski definition) is 6. The largest absolute Gasteiger partial charge is 0.444 e. The number of imidazole rings is 1. The molecule has 5 heterocycles. The van der Waals surface area contributed by atoms with E-state index in [9.17, 15) is 9.59 Å². The molecule has 202 valence electrons. The van der Waals surface area contributed by atoms with Crippen molar-refractivity contribution in [1.82, 2.24) is 19.3 Å². The molecule has 0 radical (unpaired) electrons. The number of carbonyl (C=O) groups is 2. The highest BCUT2D eigenvalue weighted by Gasteiger charge is 2.40. The van der Waals surface area contributed by atoms with Gasteiger partial charge in [-0.25, -0.2) is 19.6 Å². The van der Waals surface area contributed by atoms with E-state index in [1.807, 2.05) is 68.4 Å². The summed E-state index contributed by atoms with van der Waals surface area (Å²) >= 11 is 0. The van der Waals surface area contributed by atoms with Crippen LogP contribution in [0, 0.1) is 13.8 Å². The summed E-state index contributed by atoms with van der Waals surface area (Å²) in [5, 5.41) is 3.04. The Kier molecular flexibility index (Phi) is 6.24. The smallest absolute Gasteiger partial charge is 0.410 e. The van der Waals surface area contributed by atoms with Gasteiger partial charge in [-0.2, -0.15) is 0 Å². The van der Waals surface area contributed by atoms with Crippen molar-refractivity contribution in [3.8, 4) is 0 Å². The Bertz CT molecular complexity index is 1410. The molecule has 0 aliphatic carbocycles. The Labute approximate surface area is 223 Å². The summed E-state index contributed by atoms with van der Waals surface area (Å²) in [5.41, 5.74) is 4.67. The molecule has 38 heavy (non-hydrogen) atoms. The lowest BCUT2D eigenvalue weighted by Crippen LogP contribution is -2.62. The van der Waals surface area contributed by atoms with Crippen molar-refractivity contribution in [3.63, 3.8) is 0 Å². The minimum atomic E-state index is -0.539. The Hall–Kier alpha value is -3.82. The van der Waals surface area contributed by atoms with Crippen LogP contribution < -0.4 is 15.1 Å². The monoisotopic (exact) mass is 519 g/mol. The van der Waals surface area contributed by atoms with Gasteiger partial charge in [0.2, 0.25) is 0 Å². The number of pyridine rings is 2. The first-order valence-electron chi connectivity index (χ1n) is 13.1. The summed E-state index contributed by atoms with van der Waals surface area (Å²) in [6, 6.07) is 3.74. The number of piperazine rings is 1. The van der Waals surface area contributed by atoms with Gasteiger partial charge in [0.15, 0.2) is 0 Å². The maximum atomic E-state index is 13.3. The molecule has 3 aromatic rings. The summed E-state index contributed by atoms with van der Waals surface area (Å²) in [5.74, 6) is 0.684. The number of fused-ring (bicyclic) bond motifs is 2. The lowest BCUT2D eigenvalue weighted by molar-refractivity contribution is 0.000364. The van der Waals surface area contributed by atoms with Crippen molar-refractivity contribution in [2.24, 2.45) is 0 Å². The van der Waals surface area contributed by atoms with Crippen molar-refractivity contribution >= 4 is 35.0 Å². The first kappa shape index (κ1) is 25.8. The van der Waals surface area contributed by atoms with Gasteiger partial charge in [-0.15, -0.1) is 0 Å². The first-order valence-corrected chi connectivity index (χ1v) is 13.1. The van der Waals surface area contributed by atoms with E-state index in [0.717, 1.165) is 34.6 Å². The number of anilines is 3. The van der Waals surface area contributed by atoms with Crippen LogP contribution in [0.1, 0.15) is 51.4 Å². The lowest BCUT2D eigenvalue weighted by Gasteiger charge is -2.48. The Morgan fingerprint density at radius 3 is 2.58 bits per heavy atom. The number of rotatable bonds is 2. The predicted molar refractivity (Wildman–Crippen MR) is 148 cm³/mol. The maximum Gasteiger partial charge on any atom is 0.410 e. The second-order valence-electron chi connectivity index (χ2n) is 11.9. The van der Waals surface area contributed by atoms with Crippen LogP contribution >= 0.6 is 0 Å². The third kappa shape index (κ3) is 4.87. The topological polar surface area (TPSA) is 95.3 Å². The zero-order valence-electron chi connectivity index (χ0n) is 23.3. The molecule has 0 saturated carbocycles. The number of urea groups is 1. The molecule has 3 amide bonds. The van der Waals surface area contributed by atoms with Crippen molar-refractivity contribution in [2.45, 2.75) is 66.0 Å². The van der Waals surface area contributed by atoms with E-state index in [1.165, 1.54) is 0 Å². The predicted octanol–water partition coefficient (Wildman–Crippen LogP) is 4.78. The fourth-order valence-corrected chi connectivity index (χ4v) is 5.43. The third-order valence-electron chi connectivity index (χ3n) is 7.06. The molecular formula is C28H37N7O3. The molecule has 0 aromatic carbocycles. The number of amides is 3. The number of aromatic nitrogens is 3. The second-order valence-corrected chi connectivity index (χ2v) is 11.9. The lowest BCUT2D eigenvalue weighted by atomic mass is 9.98. The summed E-state index contributed by atoms with van der Waals surface area (Å²) in [6.45, 7) is 16.1. The zero-order valence-corrected chi connectivity index (χ0v) is 23.3. The number of nitrogens with one attached hydrogen (secondary N) is 1. The molecule has 0 bridgehead atoms. The molecule has 10 nitrogen and oxygen atoms in total. The molecule has 3 aromatic heterocycles. The van der Waals surface area contributed by atoms with Crippen LogP contribution in [-0.4, -0.2) is 68.7 Å². The summed E-state index contributed by atoms with van der Waals surface area (Å²) in [6.07, 6.45) is 6.02. The van der Waals surface area contributed by atoms with E-state index in [1.54, 1.807) is 11.1 Å². The van der Waals surface area contributed by atoms with Crippen LogP contribution in [0.3, 0.4) is 0 Å². The van der Waals surface area contributed by atoms with Crippen LogP contribution in [0.2, 0.25) is 0 Å². The molecule has 1 fully saturated rings. The third-order valence-corrected chi connectivity index (χ3v) is 7.06. The van der Waals surface area contributed by atoms with Crippen LogP contribution in [0.5, 0.6) is 0 Å². The second kappa shape index (κ2) is 9.18. The van der Waals surface area contributed by atoms with E-state index in [2.05, 4.69) is 34.0 Å². The normalized spacial score (nSPS) is 17.1. The molecule has 2 aliphatic heterocycles. The van der Waals surface area contributed by atoms with Gasteiger partial charge in [0.25, 0.3) is 0 Å². The van der Waals surface area contributed by atoms with Crippen LogP contribution in [0.4, 0.5) is 26.8 Å². The quantitative estimate of drug-likeness (QED) is 0.524. The molecule has 0 atom stereocenters. The van der Waals surface area contributed by atoms with Crippen molar-refractivity contribution < 1.29 is 14.3 Å². The first-order chi connectivity index (χ1) is 17.8. The molecular weight excluding hydrogens is 482 g/mol. The summed E-state index contributed by atoms with van der Waals surface area (Å²) in [7, 11) is 0. The zero-order chi connectivity index (χ0) is 27.4. The Morgan fingerprint density at radius 2 is 1.87 bits per heavy atom. The minimum absolute atomic E-state index is 0.209. The van der Waals surface area contributed by atoms with Crippen LogP contribution in [-0.2, 0) is 11.2 Å². The Balaban J connectivity index is 1.33. The molecule has 1 saturated heterocycles. The van der Waals surface area contributed by atoms with Gasteiger partial charge in [-0.3, -0.25) is 9.80 Å². The van der Waals surface area contributed by atoms with E-state index < -0.39 is 11.1 Å². The van der Waals surface area contributed by atoms with Gasteiger partial charge in [0.1, 0.15) is 17.1 Å². The number of nitrogens with zero attached hydrogens (tertiary/aromatic N) is 6. The van der Waals surface area contributed by atoms with Gasteiger partial charge in [0, 0.05) is 56.0 Å². The van der Waals surface area contributed by atoms with Crippen LogP contribution in [0.25, 0.3) is 5.65 Å². The standard InChI is InChI=1S/C28H37N7O3/c1-18-14-20(16-33-15-19(2)30-23(18)33)31-25(36)34-11-9-21-22(8-10-29-24(21)34)32-12-13-35(28(6,7)17-32)26(37)38-27(3,4)5/h8,10,14-16H,9,11-13,17H2,1-7H3,(H,31,36). The average molecular weight is 520 g/mol. The van der Waals surface area contributed by atoms with E-state index >= 15 is 0 Å². The average Bonchev–Trinajstić information content (AvgIpc) is 3.40. The molecule has 5 rings (SSSR count). The summed E-state index contributed by atoms with van der Waals surface area (Å²) < 4.78 is 7.59. The molecule has 10 heteroatoms. The van der Waals surface area contributed by atoms with Crippen molar-refractivity contribution in [1.29, 1.82) is 0 Å². The fourth-order valence-electron chi connectivity index (χ4n) is 5.43. The Morgan fingerprint density at radius 1 is 1.11 bits per heavy atom. The van der Waals surface area contributed by atoms with Crippen molar-refractivity contribution in [3.05, 3.63) is 47.5 Å². The van der Waals surface area contributed by atoms with Gasteiger partial charge in [0.05, 0.1) is 16.9 Å². The number of aryl methyl sites for hydroxylation is 2. The number of hydrogen-bond donors (Lipinski definition) is 1. The van der Waals surface area contributed by atoms with E-state index in [-0.39, 0.29) is 12.1 Å². The van der Waals surface area contributed by atoms with Gasteiger partial charge < -0.3 is 19.4 Å². The molecule has 1 N–H and O–H groups in total. The maximum absolute atomic E-state index is 13.3. The molecule has 0 spiro atoms.